The molecule has 0 spiro atoms. The monoisotopic (exact) mass is 430 g/mol. The molecular formula is C18H18BrF3N2O2. The van der Waals surface area contributed by atoms with Gasteiger partial charge in [0.25, 0.3) is 5.91 Å². The van der Waals surface area contributed by atoms with Gasteiger partial charge in [0.1, 0.15) is 12.3 Å². The van der Waals surface area contributed by atoms with Crippen molar-refractivity contribution in [1.82, 2.24) is 9.88 Å². The third-order valence-electron chi connectivity index (χ3n) is 3.44. The first-order valence-electron chi connectivity index (χ1n) is 8.04. The Bertz CT molecular complexity index is 736. The number of nitrogens with zero attached hydrogens (tertiary/aromatic N) is 2. The first-order valence-corrected chi connectivity index (χ1v) is 8.83. The topological polar surface area (TPSA) is 42.4 Å². The zero-order valence-electron chi connectivity index (χ0n) is 14.1. The van der Waals surface area contributed by atoms with Crippen LogP contribution in [0, 0.1) is 0 Å². The molecule has 1 aromatic carbocycles. The van der Waals surface area contributed by atoms with Crippen LogP contribution in [0.4, 0.5) is 13.2 Å². The van der Waals surface area contributed by atoms with Gasteiger partial charge in [-0.25, -0.2) is 4.98 Å². The summed E-state index contributed by atoms with van der Waals surface area (Å²) in [5, 5.41) is 0. The lowest BCUT2D eigenvalue weighted by Gasteiger charge is -2.23. The van der Waals surface area contributed by atoms with Gasteiger partial charge in [0.2, 0.25) is 5.88 Å². The van der Waals surface area contributed by atoms with Gasteiger partial charge in [-0.3, -0.25) is 4.79 Å². The van der Waals surface area contributed by atoms with Gasteiger partial charge >= 0.3 is 6.18 Å². The molecule has 140 valence electrons. The minimum absolute atomic E-state index is 0.0468. The van der Waals surface area contributed by atoms with E-state index >= 15 is 0 Å². The Balaban J connectivity index is 2.10. The number of unbranched alkanes of at least 4 members (excludes halogenated alkanes) is 1. The molecule has 0 saturated heterocycles. The number of rotatable bonds is 7. The molecule has 2 rings (SSSR count). The standard InChI is InChI=1S/C18H18BrF3N2O2/c1-2-3-9-24(12-18(20,21)22)17(25)13-7-8-16(23-11-13)26-15-6-4-5-14(19)10-15/h4-8,10-11H,2-3,9,12H2,1H3. The molecular weight excluding hydrogens is 413 g/mol. The highest BCUT2D eigenvalue weighted by Crippen LogP contribution is 2.24. The largest absolute Gasteiger partial charge is 0.439 e. The van der Waals surface area contributed by atoms with Gasteiger partial charge in [0, 0.05) is 23.3 Å². The van der Waals surface area contributed by atoms with E-state index in [1.165, 1.54) is 18.3 Å². The highest BCUT2D eigenvalue weighted by Gasteiger charge is 2.33. The average molecular weight is 431 g/mol. The molecule has 0 aliphatic rings. The summed E-state index contributed by atoms with van der Waals surface area (Å²) in [6.07, 6.45) is -2.02. The maximum Gasteiger partial charge on any atom is 0.406 e. The number of pyridine rings is 1. The normalized spacial score (nSPS) is 11.3. The number of aromatic nitrogens is 1. The molecule has 0 aliphatic heterocycles. The second-order valence-electron chi connectivity index (χ2n) is 5.64. The average Bonchev–Trinajstić information content (AvgIpc) is 2.58. The van der Waals surface area contributed by atoms with Gasteiger partial charge < -0.3 is 9.64 Å². The van der Waals surface area contributed by atoms with Crippen LogP contribution in [-0.4, -0.2) is 35.1 Å². The van der Waals surface area contributed by atoms with Crippen LogP contribution in [-0.2, 0) is 0 Å². The summed E-state index contributed by atoms with van der Waals surface area (Å²) in [7, 11) is 0. The van der Waals surface area contributed by atoms with E-state index in [2.05, 4.69) is 20.9 Å². The summed E-state index contributed by atoms with van der Waals surface area (Å²) < 4.78 is 44.5. The first-order chi connectivity index (χ1) is 12.3. The van der Waals surface area contributed by atoms with E-state index < -0.39 is 18.6 Å². The number of amides is 1. The van der Waals surface area contributed by atoms with Crippen LogP contribution in [0.25, 0.3) is 0 Å². The summed E-state index contributed by atoms with van der Waals surface area (Å²) in [5.41, 5.74) is 0.0898. The maximum absolute atomic E-state index is 12.7. The second kappa shape index (κ2) is 9.02. The molecule has 0 atom stereocenters. The molecule has 1 heterocycles. The summed E-state index contributed by atoms with van der Waals surface area (Å²) >= 11 is 3.32. The molecule has 0 aliphatic carbocycles. The van der Waals surface area contributed by atoms with Crippen LogP contribution in [0.2, 0.25) is 0 Å². The van der Waals surface area contributed by atoms with E-state index in [-0.39, 0.29) is 18.0 Å². The van der Waals surface area contributed by atoms with Crippen molar-refractivity contribution in [2.75, 3.05) is 13.1 Å². The summed E-state index contributed by atoms with van der Waals surface area (Å²) in [4.78, 5) is 17.2. The number of benzene rings is 1. The Kier molecular flexibility index (Phi) is 7.02. The van der Waals surface area contributed by atoms with E-state index in [0.717, 1.165) is 9.37 Å². The van der Waals surface area contributed by atoms with E-state index in [0.29, 0.717) is 18.6 Å². The summed E-state index contributed by atoms with van der Waals surface area (Å²) in [5.74, 6) is 0.0976. The van der Waals surface area contributed by atoms with Crippen LogP contribution in [0.15, 0.2) is 47.1 Å². The number of ether oxygens (including phenoxy) is 1. The molecule has 0 N–H and O–H groups in total. The van der Waals surface area contributed by atoms with E-state index in [1.807, 2.05) is 13.0 Å². The van der Waals surface area contributed by atoms with Gasteiger partial charge in [-0.15, -0.1) is 0 Å². The molecule has 8 heteroatoms. The predicted molar refractivity (Wildman–Crippen MR) is 95.3 cm³/mol. The molecule has 2 aromatic rings. The lowest BCUT2D eigenvalue weighted by molar-refractivity contribution is -0.140. The quantitative estimate of drug-likeness (QED) is 0.587. The minimum Gasteiger partial charge on any atom is -0.439 e. The van der Waals surface area contributed by atoms with Gasteiger partial charge in [-0.2, -0.15) is 13.2 Å². The zero-order valence-corrected chi connectivity index (χ0v) is 15.7. The second-order valence-corrected chi connectivity index (χ2v) is 6.56. The third-order valence-corrected chi connectivity index (χ3v) is 3.93. The van der Waals surface area contributed by atoms with E-state index in [1.54, 1.807) is 18.2 Å². The van der Waals surface area contributed by atoms with Gasteiger partial charge in [0.15, 0.2) is 0 Å². The fraction of sp³-hybridized carbons (Fsp3) is 0.333. The summed E-state index contributed by atoms with van der Waals surface area (Å²) in [6, 6.07) is 9.99. The number of hydrogen-bond donors (Lipinski definition) is 0. The molecule has 26 heavy (non-hydrogen) atoms. The Morgan fingerprint density at radius 2 is 2.04 bits per heavy atom. The molecule has 0 unspecified atom stereocenters. The molecule has 1 amide bonds. The van der Waals surface area contributed by atoms with Crippen molar-refractivity contribution >= 4 is 21.8 Å². The Morgan fingerprint density at radius 3 is 2.62 bits per heavy atom. The number of carbonyl (C=O) groups excluding carboxylic acids is 1. The molecule has 0 saturated carbocycles. The van der Waals surface area contributed by atoms with Gasteiger partial charge in [-0.1, -0.05) is 35.3 Å². The van der Waals surface area contributed by atoms with Crippen LogP contribution < -0.4 is 4.74 Å². The lowest BCUT2D eigenvalue weighted by atomic mass is 10.2. The van der Waals surface area contributed by atoms with Crippen molar-refractivity contribution in [3.05, 3.63) is 52.6 Å². The fourth-order valence-electron chi connectivity index (χ4n) is 2.22. The number of hydrogen-bond acceptors (Lipinski definition) is 3. The molecule has 4 nitrogen and oxygen atoms in total. The van der Waals surface area contributed by atoms with Crippen LogP contribution in [0.5, 0.6) is 11.6 Å². The predicted octanol–water partition coefficient (Wildman–Crippen LogP) is 5.44. The van der Waals surface area contributed by atoms with Gasteiger partial charge in [-0.05, 0) is 30.7 Å². The first kappa shape index (κ1) is 20.2. The molecule has 0 fully saturated rings. The highest BCUT2D eigenvalue weighted by atomic mass is 79.9. The zero-order chi connectivity index (χ0) is 19.2. The molecule has 0 radical (unpaired) electrons. The van der Waals surface area contributed by atoms with Crippen LogP contribution in [0.3, 0.4) is 0 Å². The fourth-order valence-corrected chi connectivity index (χ4v) is 2.60. The lowest BCUT2D eigenvalue weighted by Crippen LogP contribution is -2.39. The van der Waals surface area contributed by atoms with Crippen LogP contribution in [0.1, 0.15) is 30.1 Å². The van der Waals surface area contributed by atoms with Crippen LogP contribution >= 0.6 is 15.9 Å². The van der Waals surface area contributed by atoms with Crippen molar-refractivity contribution in [3.8, 4) is 11.6 Å². The maximum atomic E-state index is 12.7. The Morgan fingerprint density at radius 1 is 1.27 bits per heavy atom. The highest BCUT2D eigenvalue weighted by molar-refractivity contribution is 9.10. The molecule has 0 bridgehead atoms. The number of carbonyl (C=O) groups is 1. The van der Waals surface area contributed by atoms with Crippen molar-refractivity contribution in [3.63, 3.8) is 0 Å². The van der Waals surface area contributed by atoms with Crippen molar-refractivity contribution in [2.45, 2.75) is 25.9 Å². The van der Waals surface area contributed by atoms with Crippen molar-refractivity contribution < 1.29 is 22.7 Å². The Labute approximate surface area is 158 Å². The Hall–Kier alpha value is -2.09. The van der Waals surface area contributed by atoms with Crippen molar-refractivity contribution in [2.24, 2.45) is 0 Å². The minimum atomic E-state index is -4.44. The number of halogens is 4. The van der Waals surface area contributed by atoms with E-state index in [9.17, 15) is 18.0 Å². The summed E-state index contributed by atoms with van der Waals surface area (Å²) in [6.45, 7) is 0.624. The number of alkyl halides is 3. The van der Waals surface area contributed by atoms with Crippen molar-refractivity contribution in [1.29, 1.82) is 0 Å². The SMILES string of the molecule is CCCCN(CC(F)(F)F)C(=O)c1ccc(Oc2cccc(Br)c2)nc1. The third kappa shape index (κ3) is 6.33. The molecule has 1 aromatic heterocycles. The van der Waals surface area contributed by atoms with E-state index in [4.69, 9.17) is 4.74 Å². The van der Waals surface area contributed by atoms with Gasteiger partial charge in [0.05, 0.1) is 5.56 Å². The smallest absolute Gasteiger partial charge is 0.406 e.